The number of nitrogens with zero attached hydrogens (tertiary/aromatic N) is 3. The molecule has 1 N–H and O–H groups in total. The molecule has 0 saturated carbocycles. The molecule has 3 aromatic rings. The average molecular weight is 529 g/mol. The molecule has 0 spiro atoms. The average Bonchev–Trinajstić information content (AvgIpc) is 3.23. The minimum Gasteiger partial charge on any atom is -0.493 e. The predicted molar refractivity (Wildman–Crippen MR) is 128 cm³/mol. The third-order valence-corrected chi connectivity index (χ3v) is 6.12. The number of anilines is 1. The molecule has 1 heterocycles. The molecule has 1 atom stereocenters. The maximum absolute atomic E-state index is 13.0. The van der Waals surface area contributed by atoms with Crippen LogP contribution in [0.2, 0.25) is 5.02 Å². The molecule has 0 fully saturated rings. The summed E-state index contributed by atoms with van der Waals surface area (Å²) in [6, 6.07) is 9.93. The number of carbonyl (C=O) groups is 1. The minimum atomic E-state index is -4.55. The lowest BCUT2D eigenvalue weighted by molar-refractivity contribution is -0.137. The zero-order valence-electron chi connectivity index (χ0n) is 19.4. The third-order valence-electron chi connectivity index (χ3n) is 4.84. The second kappa shape index (κ2) is 11.2. The highest BCUT2D eigenvalue weighted by Gasteiger charge is 2.31. The highest BCUT2D eigenvalue weighted by Crippen LogP contribution is 2.35. The standard InChI is InChI=1S/C23H24ClF3N4O3S/c1-13(2)31-21(14(3)34-19-8-6-5-7-18(19)33-4)29-30-22(31)35-12-20(32)28-17-11-15(23(25,26)27)9-10-16(17)24/h5-11,13-14H,12H2,1-4H3,(H,28,32). The molecule has 0 aliphatic carbocycles. The lowest BCUT2D eigenvalue weighted by atomic mass is 10.2. The summed E-state index contributed by atoms with van der Waals surface area (Å²) in [5.74, 6) is 1.03. The number of alkyl halides is 3. The molecule has 2 aromatic carbocycles. The molecule has 1 aromatic heterocycles. The SMILES string of the molecule is COc1ccccc1OC(C)c1nnc(SCC(=O)Nc2cc(C(F)(F)F)ccc2Cl)n1C(C)C. The lowest BCUT2D eigenvalue weighted by Crippen LogP contribution is -2.17. The van der Waals surface area contributed by atoms with Crippen molar-refractivity contribution in [3.8, 4) is 11.5 Å². The van der Waals surface area contributed by atoms with Crippen molar-refractivity contribution in [2.75, 3.05) is 18.2 Å². The van der Waals surface area contributed by atoms with Crippen molar-refractivity contribution in [2.24, 2.45) is 0 Å². The van der Waals surface area contributed by atoms with Gasteiger partial charge in [0.1, 0.15) is 0 Å². The number of hydrogen-bond donors (Lipinski definition) is 1. The number of nitrogens with one attached hydrogen (secondary N) is 1. The molecular formula is C23H24ClF3N4O3S. The number of ether oxygens (including phenoxy) is 2. The number of carbonyl (C=O) groups excluding carboxylic acids is 1. The van der Waals surface area contributed by atoms with E-state index in [-0.39, 0.29) is 22.5 Å². The summed E-state index contributed by atoms with van der Waals surface area (Å²) < 4.78 is 52.1. The Morgan fingerprint density at radius 2 is 1.83 bits per heavy atom. The normalized spacial score (nSPS) is 12.5. The monoisotopic (exact) mass is 528 g/mol. The number of halogens is 4. The van der Waals surface area contributed by atoms with Crippen LogP contribution in [0.5, 0.6) is 11.5 Å². The van der Waals surface area contributed by atoms with Gasteiger partial charge in [0.15, 0.2) is 28.6 Å². The van der Waals surface area contributed by atoms with Crippen molar-refractivity contribution in [2.45, 2.75) is 44.2 Å². The Hall–Kier alpha value is -2.92. The second-order valence-corrected chi connectivity index (χ2v) is 9.09. The molecule has 3 rings (SSSR count). The maximum Gasteiger partial charge on any atom is 0.416 e. The molecule has 1 amide bonds. The molecule has 0 aliphatic rings. The smallest absolute Gasteiger partial charge is 0.416 e. The Balaban J connectivity index is 1.72. The summed E-state index contributed by atoms with van der Waals surface area (Å²) in [5, 5.41) is 11.4. The molecule has 12 heteroatoms. The van der Waals surface area contributed by atoms with Gasteiger partial charge >= 0.3 is 6.18 Å². The van der Waals surface area contributed by atoms with Gasteiger partial charge < -0.3 is 19.4 Å². The number of hydrogen-bond acceptors (Lipinski definition) is 6. The number of benzene rings is 2. The van der Waals surface area contributed by atoms with Crippen LogP contribution in [-0.2, 0) is 11.0 Å². The third kappa shape index (κ3) is 6.61. The molecule has 1 unspecified atom stereocenters. The van der Waals surface area contributed by atoms with Gasteiger partial charge in [0, 0.05) is 6.04 Å². The number of aromatic nitrogens is 3. The van der Waals surface area contributed by atoms with Gasteiger partial charge in [-0.1, -0.05) is 35.5 Å². The summed E-state index contributed by atoms with van der Waals surface area (Å²) in [7, 11) is 1.55. The largest absolute Gasteiger partial charge is 0.493 e. The Bertz CT molecular complexity index is 1190. The van der Waals surface area contributed by atoms with Gasteiger partial charge in [-0.3, -0.25) is 4.79 Å². The van der Waals surface area contributed by atoms with Crippen LogP contribution in [0.1, 0.15) is 44.3 Å². The maximum atomic E-state index is 13.0. The van der Waals surface area contributed by atoms with E-state index in [1.54, 1.807) is 19.2 Å². The van der Waals surface area contributed by atoms with E-state index in [9.17, 15) is 18.0 Å². The minimum absolute atomic E-state index is 0.00583. The Morgan fingerprint density at radius 1 is 1.14 bits per heavy atom. The number of methoxy groups -OCH3 is 1. The zero-order valence-corrected chi connectivity index (χ0v) is 21.0. The van der Waals surface area contributed by atoms with Crippen LogP contribution in [0.25, 0.3) is 0 Å². The highest BCUT2D eigenvalue weighted by molar-refractivity contribution is 7.99. The van der Waals surface area contributed by atoms with Crippen LogP contribution >= 0.6 is 23.4 Å². The summed E-state index contributed by atoms with van der Waals surface area (Å²) in [4.78, 5) is 12.5. The van der Waals surface area contributed by atoms with Crippen LogP contribution in [0.3, 0.4) is 0 Å². The lowest BCUT2D eigenvalue weighted by Gasteiger charge is -2.19. The van der Waals surface area contributed by atoms with E-state index >= 15 is 0 Å². The van der Waals surface area contributed by atoms with Crippen LogP contribution < -0.4 is 14.8 Å². The quantitative estimate of drug-likeness (QED) is 0.323. The fraction of sp³-hybridized carbons (Fsp3) is 0.348. The molecule has 0 radical (unpaired) electrons. The summed E-state index contributed by atoms with van der Waals surface area (Å²) >= 11 is 7.06. The molecule has 0 saturated heterocycles. The number of amides is 1. The van der Waals surface area contributed by atoms with Crippen molar-refractivity contribution >= 4 is 35.0 Å². The number of rotatable bonds is 9. The second-order valence-electron chi connectivity index (χ2n) is 7.74. The van der Waals surface area contributed by atoms with Crippen LogP contribution in [-0.4, -0.2) is 33.5 Å². The van der Waals surface area contributed by atoms with Gasteiger partial charge in [-0.15, -0.1) is 10.2 Å². The first-order valence-electron chi connectivity index (χ1n) is 10.5. The molecule has 0 bridgehead atoms. The van der Waals surface area contributed by atoms with E-state index in [4.69, 9.17) is 21.1 Å². The molecule has 7 nitrogen and oxygen atoms in total. The van der Waals surface area contributed by atoms with Crippen molar-refractivity contribution in [3.05, 3.63) is 58.9 Å². The summed E-state index contributed by atoms with van der Waals surface area (Å²) in [6.07, 6.45) is -5.03. The fourth-order valence-corrected chi connectivity index (χ4v) is 4.26. The van der Waals surface area contributed by atoms with Gasteiger partial charge in [0.2, 0.25) is 5.91 Å². The van der Waals surface area contributed by atoms with E-state index in [1.807, 2.05) is 37.5 Å². The zero-order chi connectivity index (χ0) is 25.8. The predicted octanol–water partition coefficient (Wildman–Crippen LogP) is 6.41. The van der Waals surface area contributed by atoms with E-state index < -0.39 is 23.8 Å². The molecule has 35 heavy (non-hydrogen) atoms. The first kappa shape index (κ1) is 26.7. The van der Waals surface area contributed by atoms with Crippen LogP contribution in [0.4, 0.5) is 18.9 Å². The van der Waals surface area contributed by atoms with Crippen molar-refractivity contribution in [3.63, 3.8) is 0 Å². The first-order valence-corrected chi connectivity index (χ1v) is 11.9. The van der Waals surface area contributed by atoms with E-state index in [0.717, 1.165) is 30.0 Å². The first-order chi connectivity index (χ1) is 16.5. The van der Waals surface area contributed by atoms with Gasteiger partial charge in [-0.2, -0.15) is 13.2 Å². The Kier molecular flexibility index (Phi) is 8.55. The number of para-hydroxylation sites is 2. The Labute approximate surface area is 210 Å². The van der Waals surface area contributed by atoms with Gasteiger partial charge in [0.05, 0.1) is 29.1 Å². The topological polar surface area (TPSA) is 78.3 Å². The summed E-state index contributed by atoms with van der Waals surface area (Å²) in [6.45, 7) is 5.70. The van der Waals surface area contributed by atoms with Gasteiger partial charge in [0.25, 0.3) is 0 Å². The summed E-state index contributed by atoms with van der Waals surface area (Å²) in [5.41, 5.74) is -1.02. The van der Waals surface area contributed by atoms with Crippen LogP contribution in [0, 0.1) is 0 Å². The van der Waals surface area contributed by atoms with Gasteiger partial charge in [-0.05, 0) is 51.1 Å². The Morgan fingerprint density at radius 3 is 2.46 bits per heavy atom. The van der Waals surface area contributed by atoms with Crippen LogP contribution in [0.15, 0.2) is 47.6 Å². The van der Waals surface area contributed by atoms with Crippen molar-refractivity contribution < 1.29 is 27.4 Å². The molecular weight excluding hydrogens is 505 g/mol. The van der Waals surface area contributed by atoms with Crippen molar-refractivity contribution in [1.29, 1.82) is 0 Å². The van der Waals surface area contributed by atoms with E-state index in [1.165, 1.54) is 0 Å². The molecule has 0 aliphatic heterocycles. The highest BCUT2D eigenvalue weighted by atomic mass is 35.5. The van der Waals surface area contributed by atoms with Crippen molar-refractivity contribution in [1.82, 2.24) is 14.8 Å². The van der Waals surface area contributed by atoms with E-state index in [0.29, 0.717) is 22.5 Å². The number of thioether (sulfide) groups is 1. The van der Waals surface area contributed by atoms with E-state index in [2.05, 4.69) is 15.5 Å². The molecule has 188 valence electrons. The van der Waals surface area contributed by atoms with Gasteiger partial charge in [-0.25, -0.2) is 0 Å². The fourth-order valence-electron chi connectivity index (χ4n) is 3.22.